The van der Waals surface area contributed by atoms with Gasteiger partial charge in [0.15, 0.2) is 6.10 Å². The fourth-order valence-electron chi connectivity index (χ4n) is 0.723. The molecule has 0 amide bonds. The lowest BCUT2D eigenvalue weighted by Crippen LogP contribution is -2.36. The van der Waals surface area contributed by atoms with E-state index in [0.29, 0.717) is 6.54 Å². The monoisotopic (exact) mass is 210 g/mol. The molecule has 6 heteroatoms. The number of nitrogens with zero attached hydrogens (tertiary/aromatic N) is 1. The lowest BCUT2D eigenvalue weighted by atomic mass is 10.3. The van der Waals surface area contributed by atoms with Crippen molar-refractivity contribution >= 4 is 0 Å². The molecule has 0 heterocycles. The second-order valence-electron chi connectivity index (χ2n) is 2.76. The van der Waals surface area contributed by atoms with Crippen LogP contribution in [0.3, 0.4) is 0 Å². The van der Waals surface area contributed by atoms with Crippen LogP contribution in [0.1, 0.15) is 13.8 Å². The van der Waals surface area contributed by atoms with Crippen molar-refractivity contribution in [3.8, 4) is 6.07 Å². The molecule has 0 spiro atoms. The molecule has 0 aromatic carbocycles. The van der Waals surface area contributed by atoms with E-state index in [4.69, 9.17) is 5.26 Å². The molecule has 0 aliphatic carbocycles. The van der Waals surface area contributed by atoms with Crippen LogP contribution in [0.5, 0.6) is 0 Å². The van der Waals surface area contributed by atoms with Gasteiger partial charge in [-0.3, -0.25) is 0 Å². The number of alkyl halides is 3. The molecule has 0 aromatic heterocycles. The van der Waals surface area contributed by atoms with E-state index in [9.17, 15) is 13.2 Å². The summed E-state index contributed by atoms with van der Waals surface area (Å²) >= 11 is 0. The number of nitriles is 1. The van der Waals surface area contributed by atoms with Crippen molar-refractivity contribution in [2.24, 2.45) is 0 Å². The van der Waals surface area contributed by atoms with E-state index in [1.807, 2.05) is 0 Å². The molecule has 0 radical (unpaired) electrons. The Bertz CT molecular complexity index is 200. The fraction of sp³-hybridized carbons (Fsp3) is 0.875. The summed E-state index contributed by atoms with van der Waals surface area (Å²) in [7, 11) is 0. The van der Waals surface area contributed by atoms with Gasteiger partial charge in [-0.2, -0.15) is 18.4 Å². The molecule has 0 aliphatic heterocycles. The van der Waals surface area contributed by atoms with Crippen LogP contribution in [0.4, 0.5) is 13.2 Å². The first-order valence-corrected chi connectivity index (χ1v) is 4.23. The number of likely N-dealkylation sites (N-methyl/N-ethyl adjacent to an activating group) is 1. The van der Waals surface area contributed by atoms with Gasteiger partial charge in [0.2, 0.25) is 0 Å². The van der Waals surface area contributed by atoms with Crippen molar-refractivity contribution in [3.05, 3.63) is 0 Å². The molecule has 0 bridgehead atoms. The maximum atomic E-state index is 12.0. The minimum Gasteiger partial charge on any atom is -0.366 e. The number of rotatable bonds is 5. The zero-order valence-electron chi connectivity index (χ0n) is 8.06. The zero-order chi connectivity index (χ0) is 11.2. The number of hydrogen-bond acceptors (Lipinski definition) is 3. The molecule has 1 N–H and O–H groups in total. The van der Waals surface area contributed by atoms with Crippen LogP contribution in [-0.2, 0) is 4.74 Å². The van der Waals surface area contributed by atoms with E-state index in [2.05, 4.69) is 10.1 Å². The highest BCUT2D eigenvalue weighted by atomic mass is 19.4. The average molecular weight is 210 g/mol. The van der Waals surface area contributed by atoms with E-state index >= 15 is 0 Å². The molecule has 82 valence electrons. The molecule has 0 rings (SSSR count). The summed E-state index contributed by atoms with van der Waals surface area (Å²) in [5, 5.41) is 11.2. The van der Waals surface area contributed by atoms with Crippen molar-refractivity contribution in [1.29, 1.82) is 5.26 Å². The first-order valence-electron chi connectivity index (χ1n) is 4.23. The largest absolute Gasteiger partial charge is 0.414 e. The predicted octanol–water partition coefficient (Wildman–Crippen LogP) is 1.46. The van der Waals surface area contributed by atoms with Crippen LogP contribution in [0.15, 0.2) is 0 Å². The molecular weight excluding hydrogens is 197 g/mol. The SMILES string of the molecule is CCNC(C#N)COC(C)C(F)(F)F. The van der Waals surface area contributed by atoms with Crippen LogP contribution in [0.2, 0.25) is 0 Å². The molecule has 3 nitrogen and oxygen atoms in total. The number of nitrogens with one attached hydrogen (secondary N) is 1. The van der Waals surface area contributed by atoms with Crippen molar-refractivity contribution in [1.82, 2.24) is 5.32 Å². The minimum atomic E-state index is -4.37. The summed E-state index contributed by atoms with van der Waals surface area (Å²) in [5.74, 6) is 0. The Balaban J connectivity index is 3.87. The Hall–Kier alpha value is -0.800. The molecule has 0 saturated heterocycles. The van der Waals surface area contributed by atoms with Crippen LogP contribution >= 0.6 is 0 Å². The third kappa shape index (κ3) is 5.04. The average Bonchev–Trinajstić information content (AvgIpc) is 2.10. The molecule has 14 heavy (non-hydrogen) atoms. The molecule has 0 saturated carbocycles. The molecular formula is C8H13F3N2O. The summed E-state index contributed by atoms with van der Waals surface area (Å²) in [6, 6.07) is 1.12. The first-order chi connectivity index (χ1) is 6.41. The van der Waals surface area contributed by atoms with Crippen molar-refractivity contribution in [2.75, 3.05) is 13.2 Å². The van der Waals surface area contributed by atoms with Gasteiger partial charge in [0.05, 0.1) is 12.7 Å². The molecule has 0 fully saturated rings. The number of hydrogen-bond donors (Lipinski definition) is 1. The van der Waals surface area contributed by atoms with Crippen LogP contribution < -0.4 is 5.32 Å². The predicted molar refractivity (Wildman–Crippen MR) is 44.5 cm³/mol. The zero-order valence-corrected chi connectivity index (χ0v) is 8.06. The van der Waals surface area contributed by atoms with Gasteiger partial charge >= 0.3 is 6.18 Å². The fourth-order valence-corrected chi connectivity index (χ4v) is 0.723. The standard InChI is InChI=1S/C8H13F3N2O/c1-3-13-7(4-12)5-14-6(2)8(9,10)11/h6-7,13H,3,5H2,1-2H3. The second-order valence-corrected chi connectivity index (χ2v) is 2.76. The van der Waals surface area contributed by atoms with Gasteiger partial charge < -0.3 is 10.1 Å². The van der Waals surface area contributed by atoms with E-state index in [1.165, 1.54) is 0 Å². The molecule has 0 aromatic rings. The van der Waals surface area contributed by atoms with Gasteiger partial charge in [-0.1, -0.05) is 6.92 Å². The Labute approximate surface area is 80.8 Å². The third-order valence-electron chi connectivity index (χ3n) is 1.58. The van der Waals surface area contributed by atoms with Gasteiger partial charge in [-0.25, -0.2) is 0 Å². The highest BCUT2D eigenvalue weighted by Crippen LogP contribution is 2.22. The van der Waals surface area contributed by atoms with E-state index < -0.39 is 18.3 Å². The van der Waals surface area contributed by atoms with Crippen molar-refractivity contribution < 1.29 is 17.9 Å². The topological polar surface area (TPSA) is 45.0 Å². The van der Waals surface area contributed by atoms with Crippen LogP contribution in [-0.4, -0.2) is 31.5 Å². The lowest BCUT2D eigenvalue weighted by Gasteiger charge is -2.18. The summed E-state index contributed by atoms with van der Waals surface area (Å²) in [4.78, 5) is 0. The lowest BCUT2D eigenvalue weighted by molar-refractivity contribution is -0.214. The smallest absolute Gasteiger partial charge is 0.366 e. The van der Waals surface area contributed by atoms with E-state index in [-0.39, 0.29) is 6.61 Å². The molecule has 0 aliphatic rings. The summed E-state index contributed by atoms with van der Waals surface area (Å²) in [6.45, 7) is 2.94. The first kappa shape index (κ1) is 13.2. The van der Waals surface area contributed by atoms with E-state index in [0.717, 1.165) is 6.92 Å². The van der Waals surface area contributed by atoms with Gasteiger partial charge in [0.1, 0.15) is 6.04 Å². The quantitative estimate of drug-likeness (QED) is 0.747. The Morgan fingerprint density at radius 3 is 2.43 bits per heavy atom. The third-order valence-corrected chi connectivity index (χ3v) is 1.58. The van der Waals surface area contributed by atoms with Crippen LogP contribution in [0.25, 0.3) is 0 Å². The summed E-state index contributed by atoms with van der Waals surface area (Å²) in [6.07, 6.45) is -6.20. The molecule has 2 atom stereocenters. The van der Waals surface area contributed by atoms with Gasteiger partial charge in [0.25, 0.3) is 0 Å². The Morgan fingerprint density at radius 1 is 1.50 bits per heavy atom. The number of halogens is 3. The number of ether oxygens (including phenoxy) is 1. The highest BCUT2D eigenvalue weighted by molar-refractivity contribution is 4.89. The van der Waals surface area contributed by atoms with Gasteiger partial charge in [-0.15, -0.1) is 0 Å². The van der Waals surface area contributed by atoms with Crippen molar-refractivity contribution in [3.63, 3.8) is 0 Å². The normalized spacial score (nSPS) is 16.0. The van der Waals surface area contributed by atoms with Crippen molar-refractivity contribution in [2.45, 2.75) is 32.2 Å². The molecule has 2 unspecified atom stereocenters. The maximum absolute atomic E-state index is 12.0. The summed E-state index contributed by atoms with van der Waals surface area (Å²) in [5.41, 5.74) is 0. The van der Waals surface area contributed by atoms with Crippen LogP contribution in [0, 0.1) is 11.3 Å². The van der Waals surface area contributed by atoms with Gasteiger partial charge in [-0.05, 0) is 13.5 Å². The minimum absolute atomic E-state index is 0.259. The van der Waals surface area contributed by atoms with Gasteiger partial charge in [0, 0.05) is 0 Å². The highest BCUT2D eigenvalue weighted by Gasteiger charge is 2.37. The Morgan fingerprint density at radius 2 is 2.07 bits per heavy atom. The second kappa shape index (κ2) is 5.83. The maximum Gasteiger partial charge on any atom is 0.414 e. The van der Waals surface area contributed by atoms with E-state index in [1.54, 1.807) is 13.0 Å². The Kier molecular flexibility index (Phi) is 5.50. The summed E-state index contributed by atoms with van der Waals surface area (Å²) < 4.78 is 40.4.